The number of phenolic OH excluding ortho intramolecular Hbond substituents is 1. The first-order valence-corrected chi connectivity index (χ1v) is 5.35. The molecule has 2 aromatic rings. The summed E-state index contributed by atoms with van der Waals surface area (Å²) in [5.41, 5.74) is -0.176. The van der Waals surface area contributed by atoms with E-state index in [2.05, 4.69) is 10.3 Å². The van der Waals surface area contributed by atoms with Crippen molar-refractivity contribution >= 4 is 23.3 Å². The second-order valence-corrected chi connectivity index (χ2v) is 3.92. The van der Waals surface area contributed by atoms with Gasteiger partial charge in [-0.3, -0.25) is 4.79 Å². The summed E-state index contributed by atoms with van der Waals surface area (Å²) in [4.78, 5) is 15.6. The molecule has 0 bridgehead atoms. The Morgan fingerprint density at radius 3 is 2.72 bits per heavy atom. The minimum atomic E-state index is -0.804. The number of amides is 1. The number of nitrogens with zero attached hydrogens (tertiary/aromatic N) is 1. The maximum Gasteiger partial charge on any atom is 0.259 e. The lowest BCUT2D eigenvalue weighted by atomic mass is 10.2. The summed E-state index contributed by atoms with van der Waals surface area (Å²) in [6.07, 6.45) is 1.37. The summed E-state index contributed by atoms with van der Waals surface area (Å²) in [6.45, 7) is 0. The number of hydrogen-bond donors (Lipinski definition) is 2. The molecular weight excluding hydrogens is 259 g/mol. The second kappa shape index (κ2) is 5.01. The van der Waals surface area contributed by atoms with Crippen LogP contribution in [0.2, 0.25) is 5.02 Å². The van der Waals surface area contributed by atoms with E-state index in [-0.39, 0.29) is 17.1 Å². The lowest BCUT2D eigenvalue weighted by molar-refractivity contribution is 0.102. The van der Waals surface area contributed by atoms with E-state index in [1.54, 1.807) is 6.07 Å². The first-order chi connectivity index (χ1) is 8.56. The van der Waals surface area contributed by atoms with Crippen molar-refractivity contribution in [1.29, 1.82) is 0 Å². The zero-order valence-electron chi connectivity index (χ0n) is 9.02. The Balaban J connectivity index is 2.19. The molecular formula is C12H8ClFN2O2. The molecule has 0 aliphatic rings. The highest BCUT2D eigenvalue weighted by Crippen LogP contribution is 2.16. The minimum absolute atomic E-state index is 0.176. The molecule has 2 N–H and O–H groups in total. The van der Waals surface area contributed by atoms with Crippen LogP contribution in [0.1, 0.15) is 10.4 Å². The molecule has 0 spiro atoms. The van der Waals surface area contributed by atoms with Crippen LogP contribution in [-0.2, 0) is 0 Å². The number of carbonyl (C=O) groups is 1. The Hall–Kier alpha value is -2.14. The van der Waals surface area contributed by atoms with Crippen LogP contribution in [0.4, 0.5) is 10.2 Å². The molecule has 0 aliphatic carbocycles. The molecule has 1 aromatic heterocycles. The molecule has 92 valence electrons. The molecule has 0 saturated heterocycles. The molecule has 1 aromatic carbocycles. The third-order valence-corrected chi connectivity index (χ3v) is 2.39. The molecule has 0 radical (unpaired) electrons. The Morgan fingerprint density at radius 1 is 1.33 bits per heavy atom. The fraction of sp³-hybridized carbons (Fsp3) is 0. The van der Waals surface area contributed by atoms with Crippen LogP contribution in [0.3, 0.4) is 0 Å². The van der Waals surface area contributed by atoms with Crippen molar-refractivity contribution in [2.45, 2.75) is 0 Å². The van der Waals surface area contributed by atoms with Gasteiger partial charge in [0.1, 0.15) is 17.4 Å². The van der Waals surface area contributed by atoms with Gasteiger partial charge in [0.05, 0.1) is 10.6 Å². The Kier molecular flexibility index (Phi) is 3.43. The molecule has 1 heterocycles. The molecule has 0 saturated carbocycles. The molecule has 6 heteroatoms. The summed E-state index contributed by atoms with van der Waals surface area (Å²) in [7, 11) is 0. The van der Waals surface area contributed by atoms with Gasteiger partial charge in [-0.15, -0.1) is 0 Å². The van der Waals surface area contributed by atoms with E-state index >= 15 is 0 Å². The highest BCUT2D eigenvalue weighted by molar-refractivity contribution is 6.30. The summed E-state index contributed by atoms with van der Waals surface area (Å²) < 4.78 is 13.4. The van der Waals surface area contributed by atoms with Gasteiger partial charge < -0.3 is 10.4 Å². The highest BCUT2D eigenvalue weighted by atomic mass is 35.5. The topological polar surface area (TPSA) is 62.2 Å². The first-order valence-electron chi connectivity index (χ1n) is 4.97. The van der Waals surface area contributed by atoms with Crippen LogP contribution < -0.4 is 5.32 Å². The number of aromatic nitrogens is 1. The SMILES string of the molecule is O=C(Nc1ccc(Cl)cn1)c1ccc(O)cc1F. The third-order valence-electron chi connectivity index (χ3n) is 2.17. The average Bonchev–Trinajstić information content (AvgIpc) is 2.32. The Labute approximate surface area is 107 Å². The molecule has 4 nitrogen and oxygen atoms in total. The van der Waals surface area contributed by atoms with Gasteiger partial charge >= 0.3 is 0 Å². The third kappa shape index (κ3) is 2.75. The van der Waals surface area contributed by atoms with Gasteiger partial charge in [-0.05, 0) is 24.3 Å². The van der Waals surface area contributed by atoms with Gasteiger partial charge in [-0.2, -0.15) is 0 Å². The number of halogens is 2. The molecule has 0 aliphatic heterocycles. The van der Waals surface area contributed by atoms with Crippen LogP contribution in [0.15, 0.2) is 36.5 Å². The fourth-order valence-corrected chi connectivity index (χ4v) is 1.43. The lowest BCUT2D eigenvalue weighted by Crippen LogP contribution is -2.14. The van der Waals surface area contributed by atoms with Gasteiger partial charge in [0.25, 0.3) is 5.91 Å². The number of aromatic hydroxyl groups is 1. The van der Waals surface area contributed by atoms with Gasteiger partial charge in [0.15, 0.2) is 0 Å². The molecule has 0 unspecified atom stereocenters. The summed E-state index contributed by atoms with van der Waals surface area (Å²) >= 11 is 5.64. The standard InChI is InChI=1S/C12H8ClFN2O2/c13-7-1-4-11(15-6-7)16-12(18)9-3-2-8(17)5-10(9)14/h1-6,17H,(H,15,16,18). The first kappa shape index (κ1) is 12.3. The zero-order valence-corrected chi connectivity index (χ0v) is 9.78. The van der Waals surface area contributed by atoms with Crippen molar-refractivity contribution in [3.05, 3.63) is 52.9 Å². The smallest absolute Gasteiger partial charge is 0.259 e. The Bertz CT molecular complexity index is 587. The number of carbonyl (C=O) groups excluding carboxylic acids is 1. The van der Waals surface area contributed by atoms with E-state index in [9.17, 15) is 9.18 Å². The number of pyridine rings is 1. The Morgan fingerprint density at radius 2 is 2.11 bits per heavy atom. The lowest BCUT2D eigenvalue weighted by Gasteiger charge is -2.05. The normalized spacial score (nSPS) is 10.1. The number of benzene rings is 1. The molecule has 18 heavy (non-hydrogen) atoms. The van der Waals surface area contributed by atoms with E-state index in [0.29, 0.717) is 5.02 Å². The van der Waals surface area contributed by atoms with E-state index in [0.717, 1.165) is 6.07 Å². The van der Waals surface area contributed by atoms with Gasteiger partial charge in [-0.1, -0.05) is 11.6 Å². The van der Waals surface area contributed by atoms with E-state index in [1.165, 1.54) is 24.4 Å². The van der Waals surface area contributed by atoms with Crippen molar-refractivity contribution in [3.63, 3.8) is 0 Å². The number of rotatable bonds is 2. The highest BCUT2D eigenvalue weighted by Gasteiger charge is 2.12. The molecule has 0 atom stereocenters. The predicted molar refractivity (Wildman–Crippen MR) is 65.3 cm³/mol. The predicted octanol–water partition coefficient (Wildman–Crippen LogP) is 2.83. The van der Waals surface area contributed by atoms with Crippen molar-refractivity contribution in [1.82, 2.24) is 4.98 Å². The van der Waals surface area contributed by atoms with Crippen LogP contribution in [0, 0.1) is 5.82 Å². The minimum Gasteiger partial charge on any atom is -0.508 e. The number of phenols is 1. The number of hydrogen-bond acceptors (Lipinski definition) is 3. The second-order valence-electron chi connectivity index (χ2n) is 3.48. The largest absolute Gasteiger partial charge is 0.508 e. The van der Waals surface area contributed by atoms with Gasteiger partial charge in [0.2, 0.25) is 0 Å². The number of anilines is 1. The van der Waals surface area contributed by atoms with Crippen molar-refractivity contribution < 1.29 is 14.3 Å². The van der Waals surface area contributed by atoms with Crippen LogP contribution in [0.5, 0.6) is 5.75 Å². The summed E-state index contributed by atoms with van der Waals surface area (Å²) in [6, 6.07) is 6.34. The van der Waals surface area contributed by atoms with E-state index < -0.39 is 11.7 Å². The van der Waals surface area contributed by atoms with E-state index in [4.69, 9.17) is 16.7 Å². The molecule has 0 fully saturated rings. The maximum atomic E-state index is 13.4. The van der Waals surface area contributed by atoms with Crippen molar-refractivity contribution in [3.8, 4) is 5.75 Å². The number of nitrogens with one attached hydrogen (secondary N) is 1. The van der Waals surface area contributed by atoms with Crippen LogP contribution in [0.25, 0.3) is 0 Å². The van der Waals surface area contributed by atoms with Crippen molar-refractivity contribution in [2.75, 3.05) is 5.32 Å². The fourth-order valence-electron chi connectivity index (χ4n) is 1.32. The van der Waals surface area contributed by atoms with Gasteiger partial charge in [0, 0.05) is 12.3 Å². The average molecular weight is 267 g/mol. The maximum absolute atomic E-state index is 13.4. The zero-order chi connectivity index (χ0) is 13.1. The monoisotopic (exact) mass is 266 g/mol. The van der Waals surface area contributed by atoms with Crippen LogP contribution >= 0.6 is 11.6 Å². The van der Waals surface area contributed by atoms with Crippen LogP contribution in [-0.4, -0.2) is 16.0 Å². The summed E-state index contributed by atoms with van der Waals surface area (Å²) in [5, 5.41) is 11.9. The molecule has 1 amide bonds. The summed E-state index contributed by atoms with van der Waals surface area (Å²) in [5.74, 6) is -1.44. The van der Waals surface area contributed by atoms with Gasteiger partial charge in [-0.25, -0.2) is 9.37 Å². The van der Waals surface area contributed by atoms with Crippen molar-refractivity contribution in [2.24, 2.45) is 0 Å². The van der Waals surface area contributed by atoms with E-state index in [1.807, 2.05) is 0 Å². The molecule has 2 rings (SSSR count). The quantitative estimate of drug-likeness (QED) is 0.879.